The van der Waals surface area contributed by atoms with Gasteiger partial charge in [0, 0.05) is 30.2 Å². The summed E-state index contributed by atoms with van der Waals surface area (Å²) in [5.74, 6) is 0.134. The Balaban J connectivity index is 1.46. The highest BCUT2D eigenvalue weighted by Gasteiger charge is 2.37. The first-order valence-electron chi connectivity index (χ1n) is 9.01. The van der Waals surface area contributed by atoms with Crippen LogP contribution in [0.3, 0.4) is 0 Å². The van der Waals surface area contributed by atoms with Crippen LogP contribution in [0.15, 0.2) is 60.8 Å². The van der Waals surface area contributed by atoms with Crippen molar-refractivity contribution >= 4 is 16.8 Å². The standard InChI is InChI=1S/C22H21N3O/c23-16-22(18-6-2-1-3-7-18)10-12-25(13-11-22)21(26)14-17-15-24-20-9-5-4-8-19(17)20/h1-9,15,24H,10-14H2. The minimum absolute atomic E-state index is 0.134. The Kier molecular flexibility index (Phi) is 4.22. The minimum atomic E-state index is -0.473. The number of hydrogen-bond acceptors (Lipinski definition) is 2. The van der Waals surface area contributed by atoms with Crippen LogP contribution in [0.25, 0.3) is 10.9 Å². The maximum absolute atomic E-state index is 12.8. The second kappa shape index (κ2) is 6.68. The van der Waals surface area contributed by atoms with Crippen molar-refractivity contribution in [3.8, 4) is 6.07 Å². The predicted octanol–water partition coefficient (Wildman–Crippen LogP) is 3.79. The van der Waals surface area contributed by atoms with Crippen LogP contribution in [-0.2, 0) is 16.6 Å². The van der Waals surface area contributed by atoms with E-state index in [0.717, 1.165) is 22.0 Å². The maximum Gasteiger partial charge on any atom is 0.227 e. The van der Waals surface area contributed by atoms with Gasteiger partial charge in [0.2, 0.25) is 5.91 Å². The normalized spacial score (nSPS) is 16.3. The highest BCUT2D eigenvalue weighted by molar-refractivity contribution is 5.88. The van der Waals surface area contributed by atoms with Gasteiger partial charge in [-0.2, -0.15) is 5.26 Å². The molecule has 4 heteroatoms. The van der Waals surface area contributed by atoms with Gasteiger partial charge in [0.15, 0.2) is 0 Å². The molecule has 0 saturated carbocycles. The first-order chi connectivity index (χ1) is 12.7. The van der Waals surface area contributed by atoms with Crippen LogP contribution in [0.4, 0.5) is 0 Å². The fourth-order valence-electron chi connectivity index (χ4n) is 3.91. The van der Waals surface area contributed by atoms with Crippen molar-refractivity contribution in [2.45, 2.75) is 24.7 Å². The number of hydrogen-bond donors (Lipinski definition) is 1. The molecule has 1 aliphatic heterocycles. The monoisotopic (exact) mass is 343 g/mol. The number of carbonyl (C=O) groups is 1. The lowest BCUT2D eigenvalue weighted by Crippen LogP contribution is -2.45. The largest absolute Gasteiger partial charge is 0.361 e. The van der Waals surface area contributed by atoms with Gasteiger partial charge < -0.3 is 9.88 Å². The maximum atomic E-state index is 12.8. The zero-order chi connectivity index (χ0) is 18.0. The lowest BCUT2D eigenvalue weighted by atomic mass is 9.74. The summed E-state index contributed by atoms with van der Waals surface area (Å²) in [4.78, 5) is 17.9. The van der Waals surface area contributed by atoms with E-state index in [-0.39, 0.29) is 5.91 Å². The molecule has 1 aromatic heterocycles. The summed E-state index contributed by atoms with van der Waals surface area (Å²) in [6, 6.07) is 20.5. The number of para-hydroxylation sites is 1. The fraction of sp³-hybridized carbons (Fsp3) is 0.273. The molecule has 4 rings (SSSR count). The summed E-state index contributed by atoms with van der Waals surface area (Å²) in [7, 11) is 0. The number of nitrogens with one attached hydrogen (secondary N) is 1. The highest BCUT2D eigenvalue weighted by atomic mass is 16.2. The quantitative estimate of drug-likeness (QED) is 0.786. The molecule has 0 unspecified atom stereocenters. The van der Waals surface area contributed by atoms with Gasteiger partial charge in [0.05, 0.1) is 17.9 Å². The van der Waals surface area contributed by atoms with E-state index in [4.69, 9.17) is 0 Å². The van der Waals surface area contributed by atoms with Crippen molar-refractivity contribution in [1.82, 2.24) is 9.88 Å². The van der Waals surface area contributed by atoms with Crippen molar-refractivity contribution in [3.05, 3.63) is 71.9 Å². The second-order valence-corrected chi connectivity index (χ2v) is 6.98. The molecule has 26 heavy (non-hydrogen) atoms. The van der Waals surface area contributed by atoms with Gasteiger partial charge in [0.1, 0.15) is 0 Å². The average Bonchev–Trinajstić information content (AvgIpc) is 3.11. The summed E-state index contributed by atoms with van der Waals surface area (Å²) in [6.45, 7) is 1.26. The third-order valence-electron chi connectivity index (χ3n) is 5.53. The van der Waals surface area contributed by atoms with Crippen molar-refractivity contribution in [2.75, 3.05) is 13.1 Å². The number of fused-ring (bicyclic) bond motifs is 1. The molecule has 1 fully saturated rings. The van der Waals surface area contributed by atoms with E-state index in [9.17, 15) is 10.1 Å². The second-order valence-electron chi connectivity index (χ2n) is 6.98. The molecule has 1 aliphatic rings. The van der Waals surface area contributed by atoms with Crippen LogP contribution < -0.4 is 0 Å². The van der Waals surface area contributed by atoms with Crippen molar-refractivity contribution in [1.29, 1.82) is 5.26 Å². The van der Waals surface area contributed by atoms with Crippen LogP contribution in [0.2, 0.25) is 0 Å². The molecule has 2 heterocycles. The number of nitrogens with zero attached hydrogens (tertiary/aromatic N) is 2. The number of amides is 1. The van der Waals surface area contributed by atoms with E-state index in [1.807, 2.05) is 65.7 Å². The van der Waals surface area contributed by atoms with Gasteiger partial charge in [-0.15, -0.1) is 0 Å². The van der Waals surface area contributed by atoms with Gasteiger partial charge in [-0.3, -0.25) is 4.79 Å². The molecule has 4 nitrogen and oxygen atoms in total. The first kappa shape index (κ1) is 16.4. The Hall–Kier alpha value is -3.06. The number of aromatic amines is 1. The van der Waals surface area contributed by atoms with Crippen LogP contribution >= 0.6 is 0 Å². The van der Waals surface area contributed by atoms with E-state index in [1.165, 1.54) is 0 Å². The minimum Gasteiger partial charge on any atom is -0.361 e. The van der Waals surface area contributed by atoms with Gasteiger partial charge in [-0.05, 0) is 30.0 Å². The van der Waals surface area contributed by atoms with E-state index < -0.39 is 5.41 Å². The molecule has 3 aromatic rings. The Morgan fingerprint density at radius 3 is 2.50 bits per heavy atom. The molecule has 0 aliphatic carbocycles. The fourth-order valence-corrected chi connectivity index (χ4v) is 3.91. The molecular weight excluding hydrogens is 322 g/mol. The molecule has 0 radical (unpaired) electrons. The molecule has 0 bridgehead atoms. The topological polar surface area (TPSA) is 59.9 Å². The van der Waals surface area contributed by atoms with Crippen LogP contribution in [-0.4, -0.2) is 28.9 Å². The number of piperidine rings is 1. The lowest BCUT2D eigenvalue weighted by Gasteiger charge is -2.37. The molecule has 0 spiro atoms. The number of aromatic nitrogens is 1. The van der Waals surface area contributed by atoms with Crippen LogP contribution in [0.1, 0.15) is 24.0 Å². The smallest absolute Gasteiger partial charge is 0.227 e. The molecular formula is C22H21N3O. The van der Waals surface area contributed by atoms with Gasteiger partial charge >= 0.3 is 0 Å². The Bertz CT molecular complexity index is 960. The lowest BCUT2D eigenvalue weighted by molar-refractivity contribution is -0.131. The van der Waals surface area contributed by atoms with Gasteiger partial charge in [0.25, 0.3) is 0 Å². The number of rotatable bonds is 3. The SMILES string of the molecule is N#CC1(c2ccccc2)CCN(C(=O)Cc2c[nH]c3ccccc23)CC1. The number of benzene rings is 2. The molecule has 1 saturated heterocycles. The van der Waals surface area contributed by atoms with Gasteiger partial charge in [-0.25, -0.2) is 0 Å². The summed E-state index contributed by atoms with van der Waals surface area (Å²) in [6.07, 6.45) is 3.70. The van der Waals surface area contributed by atoms with E-state index >= 15 is 0 Å². The number of carbonyl (C=O) groups excluding carboxylic acids is 1. The van der Waals surface area contributed by atoms with Gasteiger partial charge in [-0.1, -0.05) is 48.5 Å². The third kappa shape index (κ3) is 2.86. The third-order valence-corrected chi connectivity index (χ3v) is 5.53. The summed E-state index contributed by atoms with van der Waals surface area (Å²) >= 11 is 0. The Labute approximate surface area is 153 Å². The zero-order valence-electron chi connectivity index (χ0n) is 14.6. The molecule has 1 N–H and O–H groups in total. The highest BCUT2D eigenvalue weighted by Crippen LogP contribution is 2.35. The summed E-state index contributed by atoms with van der Waals surface area (Å²) in [5, 5.41) is 10.9. The van der Waals surface area contributed by atoms with E-state index in [1.54, 1.807) is 0 Å². The van der Waals surface area contributed by atoms with E-state index in [2.05, 4.69) is 11.1 Å². The molecule has 1 amide bonds. The van der Waals surface area contributed by atoms with Crippen molar-refractivity contribution in [2.24, 2.45) is 0 Å². The van der Waals surface area contributed by atoms with E-state index in [0.29, 0.717) is 32.4 Å². The first-order valence-corrected chi connectivity index (χ1v) is 9.01. The average molecular weight is 343 g/mol. The van der Waals surface area contributed by atoms with Crippen LogP contribution in [0, 0.1) is 11.3 Å². The zero-order valence-corrected chi connectivity index (χ0v) is 14.6. The predicted molar refractivity (Wildman–Crippen MR) is 102 cm³/mol. The molecule has 2 aromatic carbocycles. The van der Waals surface area contributed by atoms with Crippen LogP contribution in [0.5, 0.6) is 0 Å². The Morgan fingerprint density at radius 1 is 1.08 bits per heavy atom. The Morgan fingerprint density at radius 2 is 1.77 bits per heavy atom. The summed E-state index contributed by atoms with van der Waals surface area (Å²) < 4.78 is 0. The number of H-pyrrole nitrogens is 1. The molecule has 0 atom stereocenters. The van der Waals surface area contributed by atoms with Crippen molar-refractivity contribution in [3.63, 3.8) is 0 Å². The molecule has 130 valence electrons. The summed E-state index contributed by atoms with van der Waals surface area (Å²) in [5.41, 5.74) is 2.68. The number of nitriles is 1. The van der Waals surface area contributed by atoms with Crippen molar-refractivity contribution < 1.29 is 4.79 Å². The number of likely N-dealkylation sites (tertiary alicyclic amines) is 1.